The standard InChI is InChI=1S/C25H18ClN5O5S3/c1-12-22(38-13(2)27-12)20(32)18-19(15-5-9-17(10-6-15)31(35)36)30(23(34)21(18)33)24-28-29-25(39-24)37-11-14-3-7-16(26)8-4-14/h3-10,19,33H,11H2,1-2H3. The third-order valence-corrected chi connectivity index (χ3v) is 9.31. The van der Waals surface area contributed by atoms with Crippen molar-refractivity contribution in [3.63, 3.8) is 0 Å². The van der Waals surface area contributed by atoms with E-state index >= 15 is 0 Å². The van der Waals surface area contributed by atoms with Crippen molar-refractivity contribution in [3.05, 3.63) is 102 Å². The highest BCUT2D eigenvalue weighted by Crippen LogP contribution is 2.44. The summed E-state index contributed by atoms with van der Waals surface area (Å²) in [5.41, 5.74) is 1.59. The van der Waals surface area contributed by atoms with Gasteiger partial charge in [0.15, 0.2) is 10.1 Å². The molecule has 1 atom stereocenters. The maximum Gasteiger partial charge on any atom is 0.296 e. The number of nitro benzene ring substituents is 1. The van der Waals surface area contributed by atoms with E-state index < -0.39 is 28.4 Å². The first-order chi connectivity index (χ1) is 18.6. The normalized spacial score (nSPS) is 15.3. The zero-order valence-electron chi connectivity index (χ0n) is 20.3. The molecular weight excluding hydrogens is 582 g/mol. The fourth-order valence-electron chi connectivity index (χ4n) is 4.08. The third-order valence-electron chi connectivity index (χ3n) is 5.86. The van der Waals surface area contributed by atoms with Crippen LogP contribution in [0.25, 0.3) is 0 Å². The molecule has 1 aliphatic rings. The molecule has 0 saturated heterocycles. The molecule has 0 spiro atoms. The molecule has 2 aromatic carbocycles. The number of hydrogen-bond acceptors (Lipinski definition) is 11. The van der Waals surface area contributed by atoms with Gasteiger partial charge in [-0.15, -0.1) is 21.5 Å². The highest BCUT2D eigenvalue weighted by atomic mass is 35.5. The number of rotatable bonds is 8. The average molecular weight is 600 g/mol. The first kappa shape index (κ1) is 26.9. The number of amides is 1. The number of non-ortho nitro benzene ring substituents is 1. The molecule has 39 heavy (non-hydrogen) atoms. The summed E-state index contributed by atoms with van der Waals surface area (Å²) in [5.74, 6) is -1.48. The topological polar surface area (TPSA) is 139 Å². The van der Waals surface area contributed by atoms with Crippen LogP contribution >= 0.6 is 46.0 Å². The zero-order chi connectivity index (χ0) is 27.8. The van der Waals surface area contributed by atoms with Crippen molar-refractivity contribution < 1.29 is 19.6 Å². The van der Waals surface area contributed by atoms with Crippen LogP contribution in [0.4, 0.5) is 10.8 Å². The van der Waals surface area contributed by atoms with Crippen LogP contribution in [0.15, 0.2) is 64.2 Å². The van der Waals surface area contributed by atoms with Crippen molar-refractivity contribution in [2.24, 2.45) is 0 Å². The number of benzene rings is 2. The smallest absolute Gasteiger partial charge is 0.296 e. The summed E-state index contributed by atoms with van der Waals surface area (Å²) >= 11 is 9.66. The Balaban J connectivity index is 1.51. The number of aliphatic hydroxyl groups is 1. The van der Waals surface area contributed by atoms with E-state index in [1.807, 2.05) is 12.1 Å². The van der Waals surface area contributed by atoms with Gasteiger partial charge in [0, 0.05) is 22.9 Å². The van der Waals surface area contributed by atoms with Crippen LogP contribution in [-0.2, 0) is 10.5 Å². The number of aryl methyl sites for hydroxylation is 2. The highest BCUT2D eigenvalue weighted by Gasteiger charge is 2.46. The van der Waals surface area contributed by atoms with Crippen molar-refractivity contribution in [1.29, 1.82) is 0 Å². The summed E-state index contributed by atoms with van der Waals surface area (Å²) in [7, 11) is 0. The molecule has 0 fully saturated rings. The number of thioether (sulfide) groups is 1. The highest BCUT2D eigenvalue weighted by molar-refractivity contribution is 8.00. The Hall–Kier alpha value is -3.65. The molecule has 1 unspecified atom stereocenters. The van der Waals surface area contributed by atoms with Gasteiger partial charge >= 0.3 is 0 Å². The molecule has 0 radical (unpaired) electrons. The fourth-order valence-corrected chi connectivity index (χ4v) is 6.90. The van der Waals surface area contributed by atoms with E-state index in [1.165, 1.54) is 40.9 Å². The number of carbonyl (C=O) groups excluding carboxylic acids is 2. The quantitative estimate of drug-likeness (QED) is 0.0818. The molecule has 10 nitrogen and oxygen atoms in total. The molecule has 0 bridgehead atoms. The van der Waals surface area contributed by atoms with E-state index in [1.54, 1.807) is 26.0 Å². The molecule has 0 saturated carbocycles. The van der Waals surface area contributed by atoms with Crippen LogP contribution in [0, 0.1) is 24.0 Å². The Bertz CT molecular complexity index is 1630. The summed E-state index contributed by atoms with van der Waals surface area (Å²) in [6.07, 6.45) is 0. The third kappa shape index (κ3) is 5.30. The summed E-state index contributed by atoms with van der Waals surface area (Å²) < 4.78 is 0.573. The lowest BCUT2D eigenvalue weighted by Crippen LogP contribution is -2.31. The van der Waals surface area contributed by atoms with Crippen LogP contribution in [0.1, 0.15) is 37.5 Å². The number of aliphatic hydroxyl groups excluding tert-OH is 1. The van der Waals surface area contributed by atoms with Gasteiger partial charge in [-0.25, -0.2) is 4.98 Å². The largest absolute Gasteiger partial charge is 0.503 e. The first-order valence-corrected chi connectivity index (χ1v) is 14.3. The number of aromatic nitrogens is 3. The Kier molecular flexibility index (Phi) is 7.49. The van der Waals surface area contributed by atoms with Gasteiger partial charge in [-0.3, -0.25) is 24.6 Å². The Morgan fingerprint density at radius 1 is 1.13 bits per heavy atom. The number of halogens is 1. The predicted molar refractivity (Wildman–Crippen MR) is 150 cm³/mol. The number of thiazole rings is 1. The van der Waals surface area contributed by atoms with E-state index in [-0.39, 0.29) is 16.4 Å². The number of nitro groups is 1. The summed E-state index contributed by atoms with van der Waals surface area (Å²) in [4.78, 5) is 43.5. The molecule has 0 aliphatic carbocycles. The van der Waals surface area contributed by atoms with Crippen LogP contribution in [-0.4, -0.2) is 36.9 Å². The Morgan fingerprint density at radius 3 is 2.44 bits per heavy atom. The van der Waals surface area contributed by atoms with E-state index in [2.05, 4.69) is 15.2 Å². The molecule has 1 N–H and O–H groups in total. The summed E-state index contributed by atoms with van der Waals surface area (Å²) in [5, 5.41) is 32.0. The number of nitrogens with zero attached hydrogens (tertiary/aromatic N) is 5. The minimum atomic E-state index is -1.07. The minimum Gasteiger partial charge on any atom is -0.503 e. The van der Waals surface area contributed by atoms with Gasteiger partial charge in [0.2, 0.25) is 10.9 Å². The van der Waals surface area contributed by atoms with Crippen molar-refractivity contribution in [3.8, 4) is 0 Å². The lowest BCUT2D eigenvalue weighted by molar-refractivity contribution is -0.384. The van der Waals surface area contributed by atoms with Gasteiger partial charge in [0.05, 0.1) is 32.1 Å². The summed E-state index contributed by atoms with van der Waals surface area (Å²) in [6.45, 7) is 3.44. The molecular formula is C25H18ClN5O5S3. The van der Waals surface area contributed by atoms with Gasteiger partial charge in [-0.1, -0.05) is 46.8 Å². The number of Topliss-reactive ketones (excluding diaryl/α,β-unsaturated/α-hetero) is 1. The second kappa shape index (κ2) is 10.8. The summed E-state index contributed by atoms with van der Waals surface area (Å²) in [6, 6.07) is 11.8. The van der Waals surface area contributed by atoms with Crippen LogP contribution in [0.2, 0.25) is 5.02 Å². The van der Waals surface area contributed by atoms with E-state index in [0.717, 1.165) is 28.2 Å². The van der Waals surface area contributed by atoms with Crippen molar-refractivity contribution >= 4 is 68.5 Å². The lowest BCUT2D eigenvalue weighted by Gasteiger charge is -2.23. The Morgan fingerprint density at radius 2 is 1.82 bits per heavy atom. The molecule has 2 aromatic heterocycles. The van der Waals surface area contributed by atoms with E-state index in [4.69, 9.17) is 11.6 Å². The van der Waals surface area contributed by atoms with Gasteiger partial charge in [0.1, 0.15) is 0 Å². The minimum absolute atomic E-state index is 0.147. The number of anilines is 1. The molecule has 5 rings (SSSR count). The molecule has 1 aliphatic heterocycles. The second-order valence-electron chi connectivity index (χ2n) is 8.43. The van der Waals surface area contributed by atoms with Gasteiger partial charge < -0.3 is 5.11 Å². The average Bonchev–Trinajstić information content (AvgIpc) is 3.59. The zero-order valence-corrected chi connectivity index (χ0v) is 23.5. The monoisotopic (exact) mass is 599 g/mol. The van der Waals surface area contributed by atoms with Crippen LogP contribution < -0.4 is 4.90 Å². The molecule has 3 heterocycles. The number of ketones is 1. The van der Waals surface area contributed by atoms with Crippen molar-refractivity contribution in [2.45, 2.75) is 30.0 Å². The van der Waals surface area contributed by atoms with E-state index in [9.17, 15) is 24.8 Å². The number of hydrogen-bond donors (Lipinski definition) is 1. The first-order valence-electron chi connectivity index (χ1n) is 11.3. The molecule has 4 aromatic rings. The van der Waals surface area contributed by atoms with Crippen molar-refractivity contribution in [2.75, 3.05) is 4.90 Å². The predicted octanol–water partition coefficient (Wildman–Crippen LogP) is 6.25. The van der Waals surface area contributed by atoms with Gasteiger partial charge in [0.25, 0.3) is 11.6 Å². The number of carbonyl (C=O) groups is 2. The molecule has 14 heteroatoms. The second-order valence-corrected chi connectivity index (χ2v) is 12.2. The van der Waals surface area contributed by atoms with Gasteiger partial charge in [-0.2, -0.15) is 0 Å². The molecule has 198 valence electrons. The Labute approximate surface area is 239 Å². The lowest BCUT2D eigenvalue weighted by atomic mass is 9.95. The fraction of sp³-hybridized carbons (Fsp3) is 0.160. The van der Waals surface area contributed by atoms with Gasteiger partial charge in [-0.05, 0) is 49.2 Å². The van der Waals surface area contributed by atoms with Crippen LogP contribution in [0.3, 0.4) is 0 Å². The van der Waals surface area contributed by atoms with Crippen molar-refractivity contribution in [1.82, 2.24) is 15.2 Å². The van der Waals surface area contributed by atoms with Crippen LogP contribution in [0.5, 0.6) is 0 Å². The maximum atomic E-state index is 13.7. The maximum absolute atomic E-state index is 13.7. The van der Waals surface area contributed by atoms with E-state index in [0.29, 0.717) is 36.3 Å². The molecule has 1 amide bonds. The SMILES string of the molecule is Cc1nc(C)c(C(=O)C2=C(O)C(=O)N(c3nnc(SCc4ccc(Cl)cc4)s3)C2c2ccc([N+](=O)[O-])cc2)s1.